The number of anilines is 1. The van der Waals surface area contributed by atoms with Crippen LogP contribution in [0.4, 0.5) is 5.82 Å². The molecule has 1 aromatic heterocycles. The lowest BCUT2D eigenvalue weighted by Gasteiger charge is -2.13. The molecule has 2 heterocycles. The van der Waals surface area contributed by atoms with Gasteiger partial charge < -0.3 is 10.6 Å². The van der Waals surface area contributed by atoms with Crippen molar-refractivity contribution in [3.63, 3.8) is 0 Å². The van der Waals surface area contributed by atoms with Gasteiger partial charge in [-0.1, -0.05) is 13.0 Å². The SMILES string of the molecule is Cc1ccc(NC(=O)[C@@H]2CNC[C@H]2C)nc1. The van der Waals surface area contributed by atoms with Crippen LogP contribution in [0.2, 0.25) is 0 Å². The van der Waals surface area contributed by atoms with Crippen LogP contribution in [0.25, 0.3) is 0 Å². The predicted octanol–water partition coefficient (Wildman–Crippen LogP) is 1.18. The molecule has 2 N–H and O–H groups in total. The molecule has 0 unspecified atom stereocenters. The van der Waals surface area contributed by atoms with Gasteiger partial charge in [-0.05, 0) is 31.0 Å². The molecule has 0 spiro atoms. The molecule has 4 nitrogen and oxygen atoms in total. The highest BCUT2D eigenvalue weighted by Crippen LogP contribution is 2.17. The fourth-order valence-corrected chi connectivity index (χ4v) is 1.92. The Hall–Kier alpha value is -1.42. The highest BCUT2D eigenvalue weighted by atomic mass is 16.2. The molecule has 1 saturated heterocycles. The predicted molar refractivity (Wildman–Crippen MR) is 63.1 cm³/mol. The van der Waals surface area contributed by atoms with Gasteiger partial charge in [-0.25, -0.2) is 4.98 Å². The topological polar surface area (TPSA) is 54.0 Å². The van der Waals surface area contributed by atoms with E-state index in [0.717, 1.165) is 18.7 Å². The fourth-order valence-electron chi connectivity index (χ4n) is 1.92. The first-order chi connectivity index (χ1) is 7.66. The molecule has 1 aromatic rings. The molecule has 2 atom stereocenters. The molecule has 16 heavy (non-hydrogen) atoms. The highest BCUT2D eigenvalue weighted by Gasteiger charge is 2.29. The zero-order valence-electron chi connectivity index (χ0n) is 9.66. The molecule has 0 radical (unpaired) electrons. The van der Waals surface area contributed by atoms with Crippen LogP contribution in [0, 0.1) is 18.8 Å². The van der Waals surface area contributed by atoms with Gasteiger partial charge in [0.05, 0.1) is 5.92 Å². The number of hydrogen-bond acceptors (Lipinski definition) is 3. The molecule has 1 aliphatic rings. The van der Waals surface area contributed by atoms with Crippen LogP contribution in [0.1, 0.15) is 12.5 Å². The maximum Gasteiger partial charge on any atom is 0.230 e. The van der Waals surface area contributed by atoms with Crippen LogP contribution in [0.15, 0.2) is 18.3 Å². The summed E-state index contributed by atoms with van der Waals surface area (Å²) < 4.78 is 0. The summed E-state index contributed by atoms with van der Waals surface area (Å²) in [5, 5.41) is 6.07. The monoisotopic (exact) mass is 219 g/mol. The minimum Gasteiger partial charge on any atom is -0.316 e. The molecule has 1 aliphatic heterocycles. The van der Waals surface area contributed by atoms with E-state index in [0.29, 0.717) is 11.7 Å². The first kappa shape index (κ1) is 11.1. The smallest absolute Gasteiger partial charge is 0.230 e. The van der Waals surface area contributed by atoms with Gasteiger partial charge in [-0.2, -0.15) is 0 Å². The summed E-state index contributed by atoms with van der Waals surface area (Å²) in [7, 11) is 0. The van der Waals surface area contributed by atoms with Crippen LogP contribution in [0.5, 0.6) is 0 Å². The van der Waals surface area contributed by atoms with Crippen molar-refractivity contribution >= 4 is 11.7 Å². The van der Waals surface area contributed by atoms with Gasteiger partial charge in [0.15, 0.2) is 0 Å². The van der Waals surface area contributed by atoms with Crippen LogP contribution >= 0.6 is 0 Å². The van der Waals surface area contributed by atoms with Crippen molar-refractivity contribution in [3.05, 3.63) is 23.9 Å². The lowest BCUT2D eigenvalue weighted by molar-refractivity contribution is -0.120. The Balaban J connectivity index is 1.99. The lowest BCUT2D eigenvalue weighted by atomic mass is 9.97. The summed E-state index contributed by atoms with van der Waals surface area (Å²) in [6, 6.07) is 3.78. The number of amides is 1. The number of pyridine rings is 1. The van der Waals surface area contributed by atoms with Gasteiger partial charge in [0.2, 0.25) is 5.91 Å². The number of rotatable bonds is 2. The van der Waals surface area contributed by atoms with E-state index in [1.54, 1.807) is 6.20 Å². The summed E-state index contributed by atoms with van der Waals surface area (Å²) in [6.07, 6.45) is 1.76. The summed E-state index contributed by atoms with van der Waals surface area (Å²) in [4.78, 5) is 16.1. The highest BCUT2D eigenvalue weighted by molar-refractivity contribution is 5.92. The van der Waals surface area contributed by atoms with Crippen LogP contribution in [-0.2, 0) is 4.79 Å². The van der Waals surface area contributed by atoms with E-state index in [1.807, 2.05) is 19.1 Å². The maximum absolute atomic E-state index is 11.9. The summed E-state index contributed by atoms with van der Waals surface area (Å²) in [6.45, 7) is 5.74. The fraction of sp³-hybridized carbons (Fsp3) is 0.500. The van der Waals surface area contributed by atoms with Crippen LogP contribution < -0.4 is 10.6 Å². The number of aromatic nitrogens is 1. The second-order valence-corrected chi connectivity index (χ2v) is 4.45. The summed E-state index contributed by atoms with van der Waals surface area (Å²) in [5.74, 6) is 1.15. The molecule has 1 fully saturated rings. The van der Waals surface area contributed by atoms with Crippen molar-refractivity contribution in [2.45, 2.75) is 13.8 Å². The van der Waals surface area contributed by atoms with Crippen molar-refractivity contribution < 1.29 is 4.79 Å². The molecule has 1 amide bonds. The molecule has 0 bridgehead atoms. The average molecular weight is 219 g/mol. The number of carbonyl (C=O) groups is 1. The van der Waals surface area contributed by atoms with E-state index >= 15 is 0 Å². The second-order valence-electron chi connectivity index (χ2n) is 4.45. The molecule has 0 aromatic carbocycles. The second kappa shape index (κ2) is 4.61. The number of aryl methyl sites for hydroxylation is 1. The summed E-state index contributed by atoms with van der Waals surface area (Å²) in [5.41, 5.74) is 1.09. The Morgan fingerprint density at radius 2 is 2.31 bits per heavy atom. The van der Waals surface area contributed by atoms with Crippen molar-refractivity contribution in [2.75, 3.05) is 18.4 Å². The van der Waals surface area contributed by atoms with Gasteiger partial charge in [-0.3, -0.25) is 4.79 Å². The van der Waals surface area contributed by atoms with E-state index in [9.17, 15) is 4.79 Å². The number of carbonyl (C=O) groups excluding carboxylic acids is 1. The Bertz CT molecular complexity index is 374. The van der Waals surface area contributed by atoms with Gasteiger partial charge in [-0.15, -0.1) is 0 Å². The molecule has 2 rings (SSSR count). The van der Waals surface area contributed by atoms with Crippen molar-refractivity contribution in [2.24, 2.45) is 11.8 Å². The van der Waals surface area contributed by atoms with Crippen molar-refractivity contribution in [1.82, 2.24) is 10.3 Å². The Morgan fingerprint density at radius 3 is 2.88 bits per heavy atom. The molecule has 86 valence electrons. The van der Waals surface area contributed by atoms with Crippen molar-refractivity contribution in [3.8, 4) is 0 Å². The molecule has 4 heteroatoms. The minimum absolute atomic E-state index is 0.0584. The van der Waals surface area contributed by atoms with Gasteiger partial charge in [0.1, 0.15) is 5.82 Å². The van der Waals surface area contributed by atoms with E-state index in [2.05, 4.69) is 22.5 Å². The maximum atomic E-state index is 11.9. The van der Waals surface area contributed by atoms with Gasteiger partial charge >= 0.3 is 0 Å². The third-order valence-electron chi connectivity index (χ3n) is 3.02. The van der Waals surface area contributed by atoms with E-state index in [4.69, 9.17) is 0 Å². The number of nitrogens with one attached hydrogen (secondary N) is 2. The van der Waals surface area contributed by atoms with Gasteiger partial charge in [0, 0.05) is 12.7 Å². The zero-order valence-corrected chi connectivity index (χ0v) is 9.66. The first-order valence-corrected chi connectivity index (χ1v) is 5.61. The average Bonchev–Trinajstić information content (AvgIpc) is 2.68. The van der Waals surface area contributed by atoms with E-state index in [-0.39, 0.29) is 11.8 Å². The van der Waals surface area contributed by atoms with Gasteiger partial charge in [0.25, 0.3) is 0 Å². The largest absolute Gasteiger partial charge is 0.316 e. The Morgan fingerprint density at radius 1 is 1.50 bits per heavy atom. The Kier molecular flexibility index (Phi) is 3.19. The van der Waals surface area contributed by atoms with E-state index in [1.165, 1.54) is 0 Å². The molecule has 0 aliphatic carbocycles. The standard InChI is InChI=1S/C12H17N3O/c1-8-3-4-11(14-5-8)15-12(16)10-7-13-6-9(10)2/h3-5,9-10,13H,6-7H2,1-2H3,(H,14,15,16)/t9-,10-/m1/s1. The first-order valence-electron chi connectivity index (χ1n) is 5.61. The van der Waals surface area contributed by atoms with Crippen molar-refractivity contribution in [1.29, 1.82) is 0 Å². The zero-order chi connectivity index (χ0) is 11.5. The molecular weight excluding hydrogens is 202 g/mol. The minimum atomic E-state index is 0.0584. The van der Waals surface area contributed by atoms with Crippen LogP contribution in [-0.4, -0.2) is 24.0 Å². The number of nitrogens with zero attached hydrogens (tertiary/aromatic N) is 1. The van der Waals surface area contributed by atoms with E-state index < -0.39 is 0 Å². The quantitative estimate of drug-likeness (QED) is 0.785. The third kappa shape index (κ3) is 2.39. The Labute approximate surface area is 95.5 Å². The molecular formula is C12H17N3O. The number of hydrogen-bond donors (Lipinski definition) is 2. The summed E-state index contributed by atoms with van der Waals surface area (Å²) >= 11 is 0. The normalized spacial score (nSPS) is 24.4. The third-order valence-corrected chi connectivity index (χ3v) is 3.02. The lowest BCUT2D eigenvalue weighted by Crippen LogP contribution is -2.28. The van der Waals surface area contributed by atoms with Crippen LogP contribution in [0.3, 0.4) is 0 Å². The molecule has 0 saturated carbocycles.